The van der Waals surface area contributed by atoms with Crippen molar-refractivity contribution in [2.45, 2.75) is 0 Å². The smallest absolute Gasteiger partial charge is 0.183 e. The molecular weight excluding hydrogens is 272 g/mol. The molecule has 0 saturated carbocycles. The van der Waals surface area contributed by atoms with Gasteiger partial charge >= 0.3 is 0 Å². The number of anilines is 1. The molecule has 0 spiro atoms. The molecule has 6 heteroatoms. The zero-order valence-electron chi connectivity index (χ0n) is 11.5. The molecule has 0 atom stereocenters. The molecule has 0 saturated heterocycles. The first-order valence-electron chi connectivity index (χ1n) is 6.40. The Morgan fingerprint density at radius 3 is 2.95 bits per heavy atom. The lowest BCUT2D eigenvalue weighted by molar-refractivity contribution is 0.211. The molecule has 0 bridgehead atoms. The number of fused-ring (bicyclic) bond motifs is 1. The van der Waals surface area contributed by atoms with E-state index in [1.165, 1.54) is 0 Å². The van der Waals surface area contributed by atoms with Crippen LogP contribution in [0, 0.1) is 0 Å². The lowest BCUT2D eigenvalue weighted by Crippen LogP contribution is -2.07. The van der Waals surface area contributed by atoms with Crippen molar-refractivity contribution in [1.82, 2.24) is 14.5 Å². The van der Waals surface area contributed by atoms with Gasteiger partial charge in [0, 0.05) is 26.1 Å². The summed E-state index contributed by atoms with van der Waals surface area (Å²) in [7, 11) is 3.70. The third-order valence-electron chi connectivity index (χ3n) is 3.10. The van der Waals surface area contributed by atoms with E-state index in [4.69, 9.17) is 4.74 Å². The number of ether oxygens (including phenoxy) is 1. The minimum atomic E-state index is 0.668. The van der Waals surface area contributed by atoms with Gasteiger partial charge in [0.1, 0.15) is 5.69 Å². The Morgan fingerprint density at radius 2 is 2.15 bits per heavy atom. The van der Waals surface area contributed by atoms with Crippen LogP contribution in [0.5, 0.6) is 0 Å². The van der Waals surface area contributed by atoms with E-state index in [9.17, 15) is 0 Å². The molecule has 5 nitrogen and oxygen atoms in total. The largest absolute Gasteiger partial charge is 0.383 e. The number of methoxy groups -OCH3 is 1. The number of thiazole rings is 1. The Bertz CT molecular complexity index is 719. The Kier molecular flexibility index (Phi) is 3.66. The zero-order valence-corrected chi connectivity index (χ0v) is 12.3. The third kappa shape index (κ3) is 2.39. The predicted octanol–water partition coefficient (Wildman–Crippen LogP) is 2.76. The van der Waals surface area contributed by atoms with E-state index in [-0.39, 0.29) is 0 Å². The van der Waals surface area contributed by atoms with E-state index >= 15 is 0 Å². The fourth-order valence-electron chi connectivity index (χ4n) is 2.09. The third-order valence-corrected chi connectivity index (χ3v) is 3.90. The monoisotopic (exact) mass is 288 g/mol. The van der Waals surface area contributed by atoms with Crippen molar-refractivity contribution in [2.24, 2.45) is 7.05 Å². The van der Waals surface area contributed by atoms with E-state index in [2.05, 4.69) is 25.9 Å². The topological polar surface area (TPSA) is 52.0 Å². The normalized spacial score (nSPS) is 11.1. The maximum absolute atomic E-state index is 5.01. The molecule has 0 fully saturated rings. The molecule has 0 unspecified atom stereocenters. The standard InChI is InChI=1S/C14H16N4OS/c1-18-12-6-4-3-5-10(12)16-13(18)11-9-20-14(17-11)15-7-8-19-2/h3-6,9H,7-8H2,1-2H3,(H,15,17). The van der Waals surface area contributed by atoms with E-state index in [0.29, 0.717) is 6.61 Å². The number of hydrogen-bond donors (Lipinski definition) is 1. The first kappa shape index (κ1) is 13.1. The maximum Gasteiger partial charge on any atom is 0.183 e. The van der Waals surface area contributed by atoms with Crippen LogP contribution in [0.15, 0.2) is 29.6 Å². The highest BCUT2D eigenvalue weighted by molar-refractivity contribution is 7.14. The zero-order chi connectivity index (χ0) is 13.9. The Balaban J connectivity index is 1.89. The van der Waals surface area contributed by atoms with Gasteiger partial charge in [-0.05, 0) is 12.1 Å². The van der Waals surface area contributed by atoms with E-state index in [0.717, 1.165) is 34.2 Å². The second-order valence-electron chi connectivity index (χ2n) is 4.44. The fraction of sp³-hybridized carbons (Fsp3) is 0.286. The molecule has 20 heavy (non-hydrogen) atoms. The number of aryl methyl sites for hydroxylation is 1. The SMILES string of the molecule is COCCNc1nc(-c2nc3ccccc3n2C)cs1. The number of para-hydroxylation sites is 2. The second kappa shape index (κ2) is 5.60. The Labute approximate surface area is 121 Å². The van der Waals surface area contributed by atoms with Crippen molar-refractivity contribution >= 4 is 27.5 Å². The highest BCUT2D eigenvalue weighted by Crippen LogP contribution is 2.26. The molecule has 1 N–H and O–H groups in total. The van der Waals surface area contributed by atoms with E-state index in [1.54, 1.807) is 18.4 Å². The number of rotatable bonds is 5. The summed E-state index contributed by atoms with van der Waals surface area (Å²) in [5.74, 6) is 0.891. The van der Waals surface area contributed by atoms with Gasteiger partial charge in [0.15, 0.2) is 11.0 Å². The number of nitrogens with one attached hydrogen (secondary N) is 1. The van der Waals surface area contributed by atoms with Gasteiger partial charge in [0.05, 0.1) is 17.6 Å². The average Bonchev–Trinajstić information content (AvgIpc) is 3.05. The second-order valence-corrected chi connectivity index (χ2v) is 5.30. The van der Waals surface area contributed by atoms with Crippen LogP contribution >= 0.6 is 11.3 Å². The van der Waals surface area contributed by atoms with Crippen LogP contribution in [-0.2, 0) is 11.8 Å². The van der Waals surface area contributed by atoms with Crippen molar-refractivity contribution in [3.8, 4) is 11.5 Å². The number of hydrogen-bond acceptors (Lipinski definition) is 5. The highest BCUT2D eigenvalue weighted by atomic mass is 32.1. The summed E-state index contributed by atoms with van der Waals surface area (Å²) in [6.07, 6.45) is 0. The molecule has 0 aliphatic carbocycles. The number of aromatic nitrogens is 3. The van der Waals surface area contributed by atoms with Gasteiger partial charge in [0.25, 0.3) is 0 Å². The molecule has 104 valence electrons. The van der Waals surface area contributed by atoms with Crippen molar-refractivity contribution in [3.05, 3.63) is 29.6 Å². The Hall–Kier alpha value is -1.92. The van der Waals surface area contributed by atoms with Crippen LogP contribution in [0.25, 0.3) is 22.6 Å². The van der Waals surface area contributed by atoms with Crippen molar-refractivity contribution in [2.75, 3.05) is 25.6 Å². The van der Waals surface area contributed by atoms with Crippen LogP contribution in [0.1, 0.15) is 0 Å². The summed E-state index contributed by atoms with van der Waals surface area (Å²) >= 11 is 1.58. The van der Waals surface area contributed by atoms with E-state index in [1.807, 2.05) is 30.6 Å². The molecule has 3 rings (SSSR count). The quantitative estimate of drug-likeness (QED) is 0.733. The lowest BCUT2D eigenvalue weighted by atomic mass is 10.3. The number of benzene rings is 1. The molecule has 1 aromatic carbocycles. The fourth-order valence-corrected chi connectivity index (χ4v) is 2.81. The molecule has 2 aromatic heterocycles. The molecular formula is C14H16N4OS. The van der Waals surface area contributed by atoms with Crippen LogP contribution < -0.4 is 5.32 Å². The van der Waals surface area contributed by atoms with Gasteiger partial charge in [-0.15, -0.1) is 11.3 Å². The van der Waals surface area contributed by atoms with Gasteiger partial charge in [-0.3, -0.25) is 0 Å². The molecule has 0 aliphatic heterocycles. The summed E-state index contributed by atoms with van der Waals surface area (Å²) in [5.41, 5.74) is 3.00. The summed E-state index contributed by atoms with van der Waals surface area (Å²) in [6.45, 7) is 1.42. The van der Waals surface area contributed by atoms with Gasteiger partial charge in [-0.1, -0.05) is 12.1 Å². The molecule has 3 aromatic rings. The maximum atomic E-state index is 5.01. The minimum Gasteiger partial charge on any atom is -0.383 e. The first-order chi connectivity index (χ1) is 9.79. The molecule has 2 heterocycles. The van der Waals surface area contributed by atoms with Crippen LogP contribution in [-0.4, -0.2) is 34.8 Å². The summed E-state index contributed by atoms with van der Waals surface area (Å²) in [6, 6.07) is 8.10. The van der Waals surface area contributed by atoms with E-state index < -0.39 is 0 Å². The van der Waals surface area contributed by atoms with Crippen LogP contribution in [0.3, 0.4) is 0 Å². The summed E-state index contributed by atoms with van der Waals surface area (Å²) < 4.78 is 7.08. The molecule has 0 amide bonds. The van der Waals surface area contributed by atoms with Crippen LogP contribution in [0.2, 0.25) is 0 Å². The van der Waals surface area contributed by atoms with Gasteiger partial charge in [0.2, 0.25) is 0 Å². The van der Waals surface area contributed by atoms with Crippen molar-refractivity contribution < 1.29 is 4.74 Å². The van der Waals surface area contributed by atoms with Crippen LogP contribution in [0.4, 0.5) is 5.13 Å². The number of nitrogens with zero attached hydrogens (tertiary/aromatic N) is 3. The Morgan fingerprint density at radius 1 is 1.30 bits per heavy atom. The lowest BCUT2D eigenvalue weighted by Gasteiger charge is -2.00. The van der Waals surface area contributed by atoms with Gasteiger partial charge in [-0.2, -0.15) is 0 Å². The minimum absolute atomic E-state index is 0.668. The van der Waals surface area contributed by atoms with Crippen molar-refractivity contribution in [1.29, 1.82) is 0 Å². The first-order valence-corrected chi connectivity index (χ1v) is 7.27. The highest BCUT2D eigenvalue weighted by Gasteiger charge is 2.12. The average molecular weight is 288 g/mol. The summed E-state index contributed by atoms with van der Waals surface area (Å²) in [4.78, 5) is 9.22. The molecule has 0 radical (unpaired) electrons. The summed E-state index contributed by atoms with van der Waals surface area (Å²) in [5, 5.41) is 6.15. The van der Waals surface area contributed by atoms with Crippen molar-refractivity contribution in [3.63, 3.8) is 0 Å². The van der Waals surface area contributed by atoms with Gasteiger partial charge in [-0.25, -0.2) is 9.97 Å². The molecule has 0 aliphatic rings. The number of imidazole rings is 1. The van der Waals surface area contributed by atoms with Gasteiger partial charge < -0.3 is 14.6 Å². The predicted molar refractivity (Wildman–Crippen MR) is 82.2 cm³/mol.